The Morgan fingerprint density at radius 3 is 2.62 bits per heavy atom. The second kappa shape index (κ2) is 9.32. The molecule has 0 saturated carbocycles. The van der Waals surface area contributed by atoms with Crippen molar-refractivity contribution < 1.29 is 19.1 Å². The highest BCUT2D eigenvalue weighted by Gasteiger charge is 2.31. The fourth-order valence-corrected chi connectivity index (χ4v) is 3.30. The zero-order valence-electron chi connectivity index (χ0n) is 17.0. The van der Waals surface area contributed by atoms with Gasteiger partial charge in [-0.25, -0.2) is 4.79 Å². The molecule has 1 fully saturated rings. The maximum absolute atomic E-state index is 12.3. The van der Waals surface area contributed by atoms with E-state index >= 15 is 0 Å². The predicted octanol–water partition coefficient (Wildman–Crippen LogP) is 3.01. The highest BCUT2D eigenvalue weighted by molar-refractivity contribution is 5.96. The van der Waals surface area contributed by atoms with Crippen LogP contribution in [0.3, 0.4) is 0 Å². The van der Waals surface area contributed by atoms with Gasteiger partial charge in [0.05, 0.1) is 19.8 Å². The molecule has 0 spiro atoms. The lowest BCUT2D eigenvalue weighted by Crippen LogP contribution is -2.43. The van der Waals surface area contributed by atoms with Crippen molar-refractivity contribution in [2.24, 2.45) is 0 Å². The molecule has 0 unspecified atom stereocenters. The number of hydrogen-bond acceptors (Lipinski definition) is 4. The van der Waals surface area contributed by atoms with E-state index in [1.54, 1.807) is 12.0 Å². The van der Waals surface area contributed by atoms with Crippen LogP contribution in [0.15, 0.2) is 42.5 Å². The average molecular weight is 397 g/mol. The number of anilines is 1. The fourth-order valence-electron chi connectivity index (χ4n) is 3.30. The number of amides is 3. The zero-order chi connectivity index (χ0) is 20.8. The van der Waals surface area contributed by atoms with Crippen molar-refractivity contribution in [3.63, 3.8) is 0 Å². The number of benzene rings is 2. The van der Waals surface area contributed by atoms with Crippen LogP contribution in [0.25, 0.3) is 0 Å². The Kier molecular flexibility index (Phi) is 6.59. The van der Waals surface area contributed by atoms with E-state index in [0.29, 0.717) is 37.6 Å². The molecule has 1 atom stereocenters. The van der Waals surface area contributed by atoms with Crippen LogP contribution < -0.4 is 25.0 Å². The molecule has 1 saturated heterocycles. The van der Waals surface area contributed by atoms with E-state index in [9.17, 15) is 9.59 Å². The molecule has 2 aromatic carbocycles. The molecular formula is C22H27N3O4. The quantitative estimate of drug-likeness (QED) is 0.753. The lowest BCUT2D eigenvalue weighted by Gasteiger charge is -2.18. The monoisotopic (exact) mass is 397 g/mol. The Labute approximate surface area is 171 Å². The Bertz CT molecular complexity index is 867. The van der Waals surface area contributed by atoms with Crippen molar-refractivity contribution >= 4 is 17.6 Å². The number of urea groups is 1. The van der Waals surface area contributed by atoms with Crippen LogP contribution >= 0.6 is 0 Å². The number of nitrogens with one attached hydrogen (secondary N) is 2. The first-order valence-corrected chi connectivity index (χ1v) is 9.71. The minimum absolute atomic E-state index is 0.00987. The van der Waals surface area contributed by atoms with Crippen LogP contribution in [0.5, 0.6) is 11.5 Å². The number of nitrogens with zero attached hydrogens (tertiary/aromatic N) is 1. The summed E-state index contributed by atoms with van der Waals surface area (Å²) < 4.78 is 10.8. The SMILES string of the molecule is CCOc1cc(CNC(=O)N[C@H]2CC(=O)N(c3ccc(C)cc3)C2)ccc1OC. The first-order valence-electron chi connectivity index (χ1n) is 9.71. The van der Waals surface area contributed by atoms with Crippen molar-refractivity contribution in [1.82, 2.24) is 10.6 Å². The standard InChI is InChI=1S/C22H27N3O4/c1-4-29-20-11-16(7-10-19(20)28-3)13-23-22(27)24-17-12-21(26)25(14-17)18-8-5-15(2)6-9-18/h5-11,17H,4,12-14H2,1-3H3,(H2,23,24,27)/t17-/m0/s1. The number of rotatable bonds is 7. The molecule has 1 aliphatic heterocycles. The first-order chi connectivity index (χ1) is 14.0. The second-order valence-corrected chi connectivity index (χ2v) is 6.99. The highest BCUT2D eigenvalue weighted by atomic mass is 16.5. The van der Waals surface area contributed by atoms with Crippen LogP contribution in [-0.4, -0.2) is 38.2 Å². The molecule has 7 nitrogen and oxygen atoms in total. The van der Waals surface area contributed by atoms with E-state index < -0.39 is 0 Å². The molecule has 1 heterocycles. The molecule has 2 N–H and O–H groups in total. The smallest absolute Gasteiger partial charge is 0.315 e. The van der Waals surface area contributed by atoms with Gasteiger partial charge in [0.25, 0.3) is 0 Å². The van der Waals surface area contributed by atoms with Gasteiger partial charge in [0.15, 0.2) is 11.5 Å². The lowest BCUT2D eigenvalue weighted by atomic mass is 10.2. The summed E-state index contributed by atoms with van der Waals surface area (Å²) in [6.45, 7) is 5.25. The molecule has 0 bridgehead atoms. The van der Waals surface area contributed by atoms with Gasteiger partial charge in [-0.3, -0.25) is 4.79 Å². The fraction of sp³-hybridized carbons (Fsp3) is 0.364. The van der Waals surface area contributed by atoms with Crippen molar-refractivity contribution in [2.45, 2.75) is 32.9 Å². The van der Waals surface area contributed by atoms with Crippen LogP contribution in [0.4, 0.5) is 10.5 Å². The Morgan fingerprint density at radius 1 is 1.17 bits per heavy atom. The third-order valence-electron chi connectivity index (χ3n) is 4.79. The number of carbonyl (C=O) groups excluding carboxylic acids is 2. The third-order valence-corrected chi connectivity index (χ3v) is 4.79. The zero-order valence-corrected chi connectivity index (χ0v) is 17.0. The van der Waals surface area contributed by atoms with Crippen LogP contribution in [0, 0.1) is 6.92 Å². The average Bonchev–Trinajstić information content (AvgIpc) is 3.07. The van der Waals surface area contributed by atoms with Gasteiger partial charge >= 0.3 is 6.03 Å². The molecule has 2 aromatic rings. The Balaban J connectivity index is 1.53. The highest BCUT2D eigenvalue weighted by Crippen LogP contribution is 2.28. The third kappa shape index (κ3) is 5.19. The van der Waals surface area contributed by atoms with Crippen LogP contribution in [0.2, 0.25) is 0 Å². The van der Waals surface area contributed by atoms with Gasteiger partial charge in [-0.2, -0.15) is 0 Å². The summed E-state index contributed by atoms with van der Waals surface area (Å²) in [5.41, 5.74) is 2.89. The summed E-state index contributed by atoms with van der Waals surface area (Å²) in [6.07, 6.45) is 0.290. The molecule has 7 heteroatoms. The molecule has 3 amide bonds. The number of ether oxygens (including phenoxy) is 2. The molecule has 154 valence electrons. The summed E-state index contributed by atoms with van der Waals surface area (Å²) in [5, 5.41) is 5.72. The summed E-state index contributed by atoms with van der Waals surface area (Å²) in [6, 6.07) is 12.8. The van der Waals surface area contributed by atoms with Crippen molar-refractivity contribution in [3.05, 3.63) is 53.6 Å². The van der Waals surface area contributed by atoms with Gasteiger partial charge in [-0.1, -0.05) is 23.8 Å². The van der Waals surface area contributed by atoms with Crippen LogP contribution in [0.1, 0.15) is 24.5 Å². The molecule has 29 heavy (non-hydrogen) atoms. The van der Waals surface area contributed by atoms with E-state index in [0.717, 1.165) is 16.8 Å². The maximum Gasteiger partial charge on any atom is 0.315 e. The largest absolute Gasteiger partial charge is 0.493 e. The summed E-state index contributed by atoms with van der Waals surface area (Å²) in [5.74, 6) is 1.31. The van der Waals surface area contributed by atoms with Gasteiger partial charge in [0.1, 0.15) is 0 Å². The topological polar surface area (TPSA) is 79.9 Å². The number of carbonyl (C=O) groups is 2. The number of hydrogen-bond donors (Lipinski definition) is 2. The van der Waals surface area contributed by atoms with Gasteiger partial charge in [0, 0.05) is 25.2 Å². The van der Waals surface area contributed by atoms with Crippen LogP contribution in [-0.2, 0) is 11.3 Å². The molecule has 0 radical (unpaired) electrons. The second-order valence-electron chi connectivity index (χ2n) is 6.99. The first kappa shape index (κ1) is 20.5. The van der Waals surface area contributed by atoms with Crippen molar-refractivity contribution in [3.8, 4) is 11.5 Å². The van der Waals surface area contributed by atoms with E-state index in [2.05, 4.69) is 10.6 Å². The Hall–Kier alpha value is -3.22. The van der Waals surface area contributed by atoms with Crippen molar-refractivity contribution in [2.75, 3.05) is 25.2 Å². The number of methoxy groups -OCH3 is 1. The minimum Gasteiger partial charge on any atom is -0.493 e. The normalized spacial score (nSPS) is 15.9. The van der Waals surface area contributed by atoms with E-state index in [-0.39, 0.29) is 18.0 Å². The molecule has 3 rings (SSSR count). The Morgan fingerprint density at radius 2 is 1.93 bits per heavy atom. The maximum atomic E-state index is 12.3. The summed E-state index contributed by atoms with van der Waals surface area (Å²) >= 11 is 0. The molecule has 0 aromatic heterocycles. The van der Waals surface area contributed by atoms with Gasteiger partial charge in [-0.05, 0) is 43.7 Å². The van der Waals surface area contributed by atoms with E-state index in [1.807, 2.05) is 56.3 Å². The summed E-state index contributed by atoms with van der Waals surface area (Å²) in [4.78, 5) is 26.3. The lowest BCUT2D eigenvalue weighted by molar-refractivity contribution is -0.117. The number of aryl methyl sites for hydroxylation is 1. The molecule has 0 aliphatic carbocycles. The summed E-state index contributed by atoms with van der Waals surface area (Å²) in [7, 11) is 1.59. The van der Waals surface area contributed by atoms with Gasteiger partial charge in [0.2, 0.25) is 5.91 Å². The van der Waals surface area contributed by atoms with E-state index in [1.165, 1.54) is 0 Å². The molecule has 1 aliphatic rings. The molecular weight excluding hydrogens is 370 g/mol. The van der Waals surface area contributed by atoms with Gasteiger partial charge in [-0.15, -0.1) is 0 Å². The van der Waals surface area contributed by atoms with E-state index in [4.69, 9.17) is 9.47 Å². The van der Waals surface area contributed by atoms with Crippen molar-refractivity contribution in [1.29, 1.82) is 0 Å². The van der Waals surface area contributed by atoms with Gasteiger partial charge < -0.3 is 25.0 Å². The minimum atomic E-state index is -0.303. The predicted molar refractivity (Wildman–Crippen MR) is 111 cm³/mol.